The Labute approximate surface area is 546 Å². The number of aliphatic carboxylic acids is 1. The van der Waals surface area contributed by atoms with Gasteiger partial charge in [-0.05, 0) is 80.5 Å². The summed E-state index contributed by atoms with van der Waals surface area (Å²) in [6.07, 6.45) is 1.66. The highest BCUT2D eigenvalue weighted by Crippen LogP contribution is 2.16. The lowest BCUT2D eigenvalue weighted by molar-refractivity contribution is -0.142. The Balaban J connectivity index is 6.86. The number of aliphatic imine (C=N–C) groups is 3. The molecule has 0 aliphatic carbocycles. The lowest BCUT2D eigenvalue weighted by Gasteiger charge is -2.32. The number of carbonyl (C=O) groups is 11. The molecule has 520 valence electrons. The molecule has 0 saturated carbocycles. The molecular weight excluding hydrogens is 1220 g/mol. The molecule has 25 N–H and O–H groups in total. The topological polar surface area (TPSA) is 548 Å². The smallest absolute Gasteiger partial charge is 0.327 e. The van der Waals surface area contributed by atoms with E-state index in [1.54, 1.807) is 69.2 Å². The van der Waals surface area contributed by atoms with Gasteiger partial charge in [-0.25, -0.2) is 4.79 Å². The Hall–Kier alpha value is -7.36. The minimum atomic E-state index is -1.36. The molecule has 0 heterocycles. The second kappa shape index (κ2) is 43.4. The van der Waals surface area contributed by atoms with Crippen LogP contribution in [0.2, 0.25) is 0 Å². The van der Waals surface area contributed by atoms with Gasteiger partial charge in [-0.15, -0.1) is 0 Å². The van der Waals surface area contributed by atoms with Crippen molar-refractivity contribution in [1.82, 2.24) is 53.2 Å². The normalized spacial score (nSPS) is 15.5. The van der Waals surface area contributed by atoms with Crippen molar-refractivity contribution >= 4 is 108 Å². The van der Waals surface area contributed by atoms with Gasteiger partial charge in [0.15, 0.2) is 17.9 Å². The van der Waals surface area contributed by atoms with Crippen LogP contribution in [-0.4, -0.2) is 186 Å². The minimum Gasteiger partial charge on any atom is -0.480 e. The molecule has 0 radical (unpaired) electrons. The van der Waals surface area contributed by atoms with E-state index < -0.39 is 161 Å². The van der Waals surface area contributed by atoms with Gasteiger partial charge in [-0.3, -0.25) is 62.9 Å². The molecule has 0 spiro atoms. The minimum absolute atomic E-state index is 0.0457. The Morgan fingerprint density at radius 1 is 0.374 bits per heavy atom. The van der Waals surface area contributed by atoms with Crippen LogP contribution in [0, 0.1) is 35.5 Å². The maximum absolute atomic E-state index is 14.5. The van der Waals surface area contributed by atoms with Gasteiger partial charge in [0.25, 0.3) is 0 Å². The summed E-state index contributed by atoms with van der Waals surface area (Å²) in [6, 6.07) is -14.0. The van der Waals surface area contributed by atoms with Crippen molar-refractivity contribution in [3.8, 4) is 0 Å². The van der Waals surface area contributed by atoms with E-state index in [9.17, 15) is 57.8 Å². The van der Waals surface area contributed by atoms with Crippen molar-refractivity contribution in [3.63, 3.8) is 0 Å². The van der Waals surface area contributed by atoms with Crippen LogP contribution in [0.15, 0.2) is 15.0 Å². The van der Waals surface area contributed by atoms with Crippen molar-refractivity contribution in [2.24, 2.45) is 90.6 Å². The molecule has 0 fully saturated rings. The van der Waals surface area contributed by atoms with Gasteiger partial charge in [0, 0.05) is 31.1 Å². The average molecular weight is 1330 g/mol. The predicted octanol–water partition coefficient (Wildman–Crippen LogP) is -3.63. The predicted molar refractivity (Wildman–Crippen MR) is 355 cm³/mol. The first kappa shape index (κ1) is 83.6. The van der Waals surface area contributed by atoms with Crippen LogP contribution >= 0.6 is 25.3 Å². The number of thiol groups is 2. The second-order valence-corrected chi connectivity index (χ2v) is 24.8. The molecule has 0 aliphatic rings. The number of amides is 10. The number of nitrogens with zero attached hydrogens (tertiary/aromatic N) is 3. The largest absolute Gasteiger partial charge is 0.480 e. The number of guanidine groups is 3. The molecule has 13 atom stereocenters. The number of carboxylic acid groups (broad SMARTS) is 1. The number of carbonyl (C=O) groups excluding carboxylic acids is 10. The number of hydrogen-bond donors (Lipinski definition) is 20. The van der Waals surface area contributed by atoms with Crippen LogP contribution in [0.25, 0.3) is 0 Å². The molecule has 91 heavy (non-hydrogen) atoms. The third kappa shape index (κ3) is 32.0. The maximum Gasteiger partial charge on any atom is 0.327 e. The van der Waals surface area contributed by atoms with Crippen LogP contribution in [0.4, 0.5) is 0 Å². The van der Waals surface area contributed by atoms with Crippen LogP contribution < -0.4 is 93.3 Å². The molecule has 0 saturated heterocycles. The second-order valence-electron chi connectivity index (χ2n) is 24.0. The molecule has 0 unspecified atom stereocenters. The summed E-state index contributed by atoms with van der Waals surface area (Å²) in [4.78, 5) is 164. The first-order valence-corrected chi connectivity index (χ1v) is 32.1. The van der Waals surface area contributed by atoms with Gasteiger partial charge in [0.2, 0.25) is 59.1 Å². The van der Waals surface area contributed by atoms with Crippen molar-refractivity contribution in [2.75, 3.05) is 31.1 Å². The fraction of sp³-hybridized carbons (Fsp3) is 0.754. The fourth-order valence-corrected chi connectivity index (χ4v) is 9.37. The Morgan fingerprint density at radius 3 is 1.00 bits per heavy atom. The quantitative estimate of drug-likeness (QED) is 0.0121. The average Bonchev–Trinajstić information content (AvgIpc) is 3.68. The zero-order valence-corrected chi connectivity index (χ0v) is 56.7. The standard InChI is InChI=1S/C57H108N20O12S2/c1-13-31(11)42(52(86)69-35(20-17-23-67-57(63)64)45(79)73-39(28(5)6)49(83)72-38(26-91)54(88)89)77-51(85)41(30(9)10)74-50(84)40(29(7)8)75-53(87)43(32(12)14-2)76-46(80)34(19-16-22-66-56(61)62)68-48(82)37(25-90)71-47(81)36(24-27(3)4)70-44(78)33(58)18-15-21-65-55(59)60/h27-43,90-91H,13-26,58H2,1-12H3,(H,68,82)(H,69,86)(H,70,78)(H,71,81)(H,72,83)(H,73,79)(H,74,84)(H,75,87)(H,76,80)(H,77,85)(H,88,89)(H4,59,60,65)(H4,61,62,66)(H4,63,64,67)/t31-,32-,33-,34-,35-,36-,37-,38-,39-,40-,41-,42-,43-/m0/s1. The molecule has 0 aromatic rings. The molecule has 32 nitrogen and oxygen atoms in total. The van der Waals surface area contributed by atoms with E-state index in [1.807, 2.05) is 13.8 Å². The lowest BCUT2D eigenvalue weighted by atomic mass is 9.94. The Kier molecular flexibility index (Phi) is 39.9. The molecule has 34 heteroatoms. The van der Waals surface area contributed by atoms with Gasteiger partial charge in [0.1, 0.15) is 60.4 Å². The summed E-state index contributed by atoms with van der Waals surface area (Å²) in [5.74, 6) is -13.1. The summed E-state index contributed by atoms with van der Waals surface area (Å²) in [6.45, 7) is 20.8. The van der Waals surface area contributed by atoms with Crippen LogP contribution in [-0.2, 0) is 52.7 Å². The van der Waals surface area contributed by atoms with E-state index in [1.165, 1.54) is 0 Å². The number of hydrogen-bond acceptors (Lipinski definition) is 17. The number of rotatable bonds is 44. The summed E-state index contributed by atoms with van der Waals surface area (Å²) in [7, 11) is 0. The fourth-order valence-electron chi connectivity index (χ4n) is 8.87. The maximum atomic E-state index is 14.5. The highest BCUT2D eigenvalue weighted by molar-refractivity contribution is 7.80. The highest BCUT2D eigenvalue weighted by Gasteiger charge is 2.39. The number of nitrogens with one attached hydrogen (secondary N) is 10. The molecule has 0 rings (SSSR count). The highest BCUT2D eigenvalue weighted by atomic mass is 32.1. The third-order valence-corrected chi connectivity index (χ3v) is 15.5. The molecular formula is C57H108N20O12S2. The zero-order chi connectivity index (χ0) is 70.0. The van der Waals surface area contributed by atoms with Gasteiger partial charge in [-0.1, -0.05) is 95.9 Å². The van der Waals surface area contributed by atoms with Crippen LogP contribution in [0.1, 0.15) is 141 Å². The van der Waals surface area contributed by atoms with E-state index in [2.05, 4.69) is 93.4 Å². The van der Waals surface area contributed by atoms with Crippen molar-refractivity contribution in [3.05, 3.63) is 0 Å². The van der Waals surface area contributed by atoms with Gasteiger partial charge >= 0.3 is 5.97 Å². The zero-order valence-electron chi connectivity index (χ0n) is 54.9. The summed E-state index contributed by atoms with van der Waals surface area (Å²) < 4.78 is 0. The first-order valence-electron chi connectivity index (χ1n) is 30.9. The van der Waals surface area contributed by atoms with Crippen LogP contribution in [0.5, 0.6) is 0 Å². The van der Waals surface area contributed by atoms with Crippen molar-refractivity contribution in [1.29, 1.82) is 0 Å². The van der Waals surface area contributed by atoms with Crippen LogP contribution in [0.3, 0.4) is 0 Å². The SMILES string of the molecule is CC[C@H](C)[C@H](NC(=O)[C@H](CCCN=C(N)N)NC(=O)[C@H](CS)NC(=O)[C@H](CC(C)C)NC(=O)[C@@H](N)CCCN=C(N)N)C(=O)N[C@H](C(=O)N[C@H](C(=O)N[C@H](C(=O)N[C@@H](CCCN=C(N)N)C(=O)N[C@H](C(=O)N[C@@H](CS)C(=O)O)C(C)C)[C@@H](C)CC)C(C)C)C(C)C. The molecule has 0 aromatic heterocycles. The summed E-state index contributed by atoms with van der Waals surface area (Å²) in [5, 5.41) is 36.1. The summed E-state index contributed by atoms with van der Waals surface area (Å²) >= 11 is 8.32. The molecule has 0 aliphatic heterocycles. The van der Waals surface area contributed by atoms with Gasteiger partial charge < -0.3 is 98.4 Å². The lowest BCUT2D eigenvalue weighted by Crippen LogP contribution is -2.63. The molecule has 0 aromatic carbocycles. The van der Waals surface area contributed by atoms with E-state index >= 15 is 0 Å². The molecule has 10 amide bonds. The monoisotopic (exact) mass is 1330 g/mol. The van der Waals surface area contributed by atoms with E-state index in [0.717, 1.165) is 0 Å². The van der Waals surface area contributed by atoms with Gasteiger partial charge in [0.05, 0.1) is 6.04 Å². The Morgan fingerprint density at radius 2 is 0.648 bits per heavy atom. The van der Waals surface area contributed by atoms with Crippen molar-refractivity contribution < 1.29 is 57.8 Å². The first-order chi connectivity index (χ1) is 42.5. The molecule has 0 bridgehead atoms. The van der Waals surface area contributed by atoms with E-state index in [0.29, 0.717) is 19.3 Å². The Bertz CT molecular complexity index is 2480. The number of carboxylic acids is 1. The third-order valence-electron chi connectivity index (χ3n) is 14.7. The summed E-state index contributed by atoms with van der Waals surface area (Å²) in [5.41, 5.74) is 39.0. The van der Waals surface area contributed by atoms with Gasteiger partial charge in [-0.2, -0.15) is 25.3 Å². The number of nitrogens with two attached hydrogens (primary N) is 7. The van der Waals surface area contributed by atoms with E-state index in [4.69, 9.17) is 40.1 Å². The van der Waals surface area contributed by atoms with Crippen molar-refractivity contribution in [2.45, 2.75) is 207 Å². The van der Waals surface area contributed by atoms with E-state index in [-0.39, 0.29) is 93.5 Å².